The summed E-state index contributed by atoms with van der Waals surface area (Å²) in [5.74, 6) is 0.0833. The van der Waals surface area contributed by atoms with Crippen LogP contribution in [0, 0.1) is 0 Å². The summed E-state index contributed by atoms with van der Waals surface area (Å²) in [6.45, 7) is 0. The van der Waals surface area contributed by atoms with Gasteiger partial charge in [0.1, 0.15) is 17.5 Å². The first kappa shape index (κ1) is 21.4. The Kier molecular flexibility index (Phi) is 6.12. The molecule has 1 fully saturated rings. The van der Waals surface area contributed by atoms with Crippen molar-refractivity contribution in [2.24, 2.45) is 0 Å². The van der Waals surface area contributed by atoms with Gasteiger partial charge in [0.05, 0.1) is 20.3 Å². The predicted molar refractivity (Wildman–Crippen MR) is 121 cm³/mol. The molecule has 6 nitrogen and oxygen atoms in total. The number of rotatable bonds is 6. The lowest BCUT2D eigenvalue weighted by atomic mass is 10.0. The molecule has 0 aromatic heterocycles. The third kappa shape index (κ3) is 3.91. The van der Waals surface area contributed by atoms with Gasteiger partial charge in [0, 0.05) is 16.7 Å². The number of benzene rings is 3. The number of carboxylic acid groups (broad SMARTS) is 1. The van der Waals surface area contributed by atoms with Gasteiger partial charge >= 0.3 is 5.97 Å². The van der Waals surface area contributed by atoms with Crippen LogP contribution in [0.4, 0.5) is 0 Å². The standard InChI is InChI=1S/C26H25NO5/c1-31-23-9-5-3-7-19(23)17-11-13-18(14-12-17)25(28)27-21(15-16-22(27)26(29)30)20-8-4-6-10-24(20)32-2/h3-14,21-22H,15-16H2,1-2H3,(H,29,30). The Morgan fingerprint density at radius 3 is 2.12 bits per heavy atom. The van der Waals surface area contributed by atoms with Gasteiger partial charge in [0.25, 0.3) is 5.91 Å². The number of carbonyl (C=O) groups excluding carboxylic acids is 1. The number of carbonyl (C=O) groups is 2. The quantitative estimate of drug-likeness (QED) is 0.607. The number of hydrogen-bond donors (Lipinski definition) is 1. The molecule has 1 aliphatic heterocycles. The number of amides is 1. The Morgan fingerprint density at radius 2 is 1.47 bits per heavy atom. The zero-order valence-electron chi connectivity index (χ0n) is 18.0. The van der Waals surface area contributed by atoms with E-state index in [9.17, 15) is 14.7 Å². The summed E-state index contributed by atoms with van der Waals surface area (Å²) in [5, 5.41) is 9.78. The minimum Gasteiger partial charge on any atom is -0.496 e. The van der Waals surface area contributed by atoms with Crippen LogP contribution in [0.5, 0.6) is 11.5 Å². The number of likely N-dealkylation sites (tertiary alicyclic amines) is 1. The molecule has 164 valence electrons. The van der Waals surface area contributed by atoms with Crippen molar-refractivity contribution in [1.29, 1.82) is 0 Å². The van der Waals surface area contributed by atoms with Crippen molar-refractivity contribution in [3.63, 3.8) is 0 Å². The summed E-state index contributed by atoms with van der Waals surface area (Å²) in [7, 11) is 3.19. The van der Waals surface area contributed by atoms with Crippen molar-refractivity contribution in [2.75, 3.05) is 14.2 Å². The third-order valence-electron chi connectivity index (χ3n) is 5.95. The molecule has 32 heavy (non-hydrogen) atoms. The Morgan fingerprint density at radius 1 is 0.844 bits per heavy atom. The minimum atomic E-state index is -0.999. The van der Waals surface area contributed by atoms with Crippen molar-refractivity contribution in [3.05, 3.63) is 83.9 Å². The number of hydrogen-bond acceptors (Lipinski definition) is 4. The van der Waals surface area contributed by atoms with E-state index in [4.69, 9.17) is 9.47 Å². The van der Waals surface area contributed by atoms with Crippen LogP contribution in [-0.4, -0.2) is 42.1 Å². The monoisotopic (exact) mass is 431 g/mol. The molecule has 0 aliphatic carbocycles. The second-order valence-corrected chi connectivity index (χ2v) is 7.68. The number of methoxy groups -OCH3 is 2. The molecule has 1 saturated heterocycles. The van der Waals surface area contributed by atoms with Crippen LogP contribution in [0.15, 0.2) is 72.8 Å². The van der Waals surface area contributed by atoms with Crippen LogP contribution in [0.3, 0.4) is 0 Å². The molecule has 0 spiro atoms. The van der Waals surface area contributed by atoms with Crippen LogP contribution in [0.2, 0.25) is 0 Å². The highest BCUT2D eigenvalue weighted by molar-refractivity contribution is 5.98. The maximum absolute atomic E-state index is 13.5. The number of nitrogens with zero attached hydrogens (tertiary/aromatic N) is 1. The molecule has 2 unspecified atom stereocenters. The summed E-state index contributed by atoms with van der Waals surface area (Å²) in [6.07, 6.45) is 0.950. The van der Waals surface area contributed by atoms with E-state index in [0.717, 1.165) is 22.4 Å². The number of para-hydroxylation sites is 2. The summed E-state index contributed by atoms with van der Waals surface area (Å²) < 4.78 is 10.9. The molecule has 4 rings (SSSR count). The van der Waals surface area contributed by atoms with E-state index >= 15 is 0 Å². The van der Waals surface area contributed by atoms with E-state index in [1.165, 1.54) is 4.90 Å². The minimum absolute atomic E-state index is 0.308. The third-order valence-corrected chi connectivity index (χ3v) is 5.95. The topological polar surface area (TPSA) is 76.1 Å². The summed E-state index contributed by atoms with van der Waals surface area (Å²) >= 11 is 0. The van der Waals surface area contributed by atoms with E-state index in [-0.39, 0.29) is 11.9 Å². The molecule has 3 aromatic carbocycles. The van der Waals surface area contributed by atoms with Gasteiger partial charge in [0.15, 0.2) is 0 Å². The van der Waals surface area contributed by atoms with Crippen molar-refractivity contribution >= 4 is 11.9 Å². The lowest BCUT2D eigenvalue weighted by molar-refractivity contribution is -0.141. The van der Waals surface area contributed by atoms with Gasteiger partial charge in [0.2, 0.25) is 0 Å². The maximum Gasteiger partial charge on any atom is 0.326 e. The number of carboxylic acids is 1. The van der Waals surface area contributed by atoms with Crippen LogP contribution in [-0.2, 0) is 4.79 Å². The zero-order valence-corrected chi connectivity index (χ0v) is 18.0. The van der Waals surface area contributed by atoms with Crippen molar-refractivity contribution in [1.82, 2.24) is 4.90 Å². The molecule has 3 aromatic rings. The van der Waals surface area contributed by atoms with Crippen LogP contribution < -0.4 is 9.47 Å². The van der Waals surface area contributed by atoms with Gasteiger partial charge < -0.3 is 19.5 Å². The average Bonchev–Trinajstić information content (AvgIpc) is 3.29. The molecule has 1 amide bonds. The lowest BCUT2D eigenvalue weighted by Crippen LogP contribution is -2.41. The fraction of sp³-hybridized carbons (Fsp3) is 0.231. The van der Waals surface area contributed by atoms with E-state index in [1.54, 1.807) is 26.4 Å². The van der Waals surface area contributed by atoms with E-state index in [1.807, 2.05) is 60.7 Å². The second kappa shape index (κ2) is 9.14. The van der Waals surface area contributed by atoms with E-state index in [0.29, 0.717) is 24.2 Å². The fourth-order valence-corrected chi connectivity index (χ4v) is 4.41. The Hall–Kier alpha value is -3.80. The Balaban J connectivity index is 1.68. The van der Waals surface area contributed by atoms with Gasteiger partial charge in [-0.3, -0.25) is 4.79 Å². The molecular formula is C26H25NO5. The van der Waals surface area contributed by atoms with Crippen molar-refractivity contribution in [2.45, 2.75) is 24.9 Å². The Bertz CT molecular complexity index is 1130. The van der Waals surface area contributed by atoms with Crippen LogP contribution in [0.25, 0.3) is 11.1 Å². The number of aliphatic carboxylic acids is 1. The second-order valence-electron chi connectivity index (χ2n) is 7.68. The van der Waals surface area contributed by atoms with Crippen LogP contribution in [0.1, 0.15) is 34.8 Å². The van der Waals surface area contributed by atoms with Gasteiger partial charge in [-0.1, -0.05) is 48.5 Å². The van der Waals surface area contributed by atoms with E-state index < -0.39 is 12.0 Å². The van der Waals surface area contributed by atoms with Crippen molar-refractivity contribution < 1.29 is 24.2 Å². The maximum atomic E-state index is 13.5. The van der Waals surface area contributed by atoms with Crippen molar-refractivity contribution in [3.8, 4) is 22.6 Å². The summed E-state index contributed by atoms with van der Waals surface area (Å²) in [6, 6.07) is 21.0. The molecule has 1 aliphatic rings. The normalized spacial score (nSPS) is 17.8. The van der Waals surface area contributed by atoms with Gasteiger partial charge in [-0.15, -0.1) is 0 Å². The first-order valence-corrected chi connectivity index (χ1v) is 10.5. The molecule has 0 saturated carbocycles. The lowest BCUT2D eigenvalue weighted by Gasteiger charge is -2.29. The predicted octanol–water partition coefficient (Wildman–Crippen LogP) is 4.80. The first-order valence-electron chi connectivity index (χ1n) is 10.5. The first-order chi connectivity index (χ1) is 15.5. The Labute approximate surface area is 187 Å². The SMILES string of the molecule is COc1ccccc1-c1ccc(C(=O)N2C(C(=O)O)CCC2c2ccccc2OC)cc1. The highest BCUT2D eigenvalue weighted by Gasteiger charge is 2.42. The summed E-state index contributed by atoms with van der Waals surface area (Å²) in [5.41, 5.74) is 3.09. The largest absolute Gasteiger partial charge is 0.496 e. The molecular weight excluding hydrogens is 406 g/mol. The average molecular weight is 431 g/mol. The molecule has 2 atom stereocenters. The molecule has 0 bridgehead atoms. The van der Waals surface area contributed by atoms with Gasteiger partial charge in [-0.25, -0.2) is 4.79 Å². The summed E-state index contributed by atoms with van der Waals surface area (Å²) in [4.78, 5) is 26.9. The van der Waals surface area contributed by atoms with E-state index in [2.05, 4.69) is 0 Å². The molecule has 6 heteroatoms. The smallest absolute Gasteiger partial charge is 0.326 e. The molecule has 1 heterocycles. The zero-order chi connectivity index (χ0) is 22.7. The highest BCUT2D eigenvalue weighted by Crippen LogP contribution is 2.41. The molecule has 0 radical (unpaired) electrons. The van der Waals surface area contributed by atoms with Crippen LogP contribution >= 0.6 is 0 Å². The van der Waals surface area contributed by atoms with Gasteiger partial charge in [-0.05, 0) is 42.7 Å². The van der Waals surface area contributed by atoms with Gasteiger partial charge in [-0.2, -0.15) is 0 Å². The highest BCUT2D eigenvalue weighted by atomic mass is 16.5. The molecule has 1 N–H and O–H groups in total. The number of ether oxygens (including phenoxy) is 2. The fourth-order valence-electron chi connectivity index (χ4n) is 4.41.